The average Bonchev–Trinajstić information content (AvgIpc) is 2.56. The minimum absolute atomic E-state index is 0.162. The van der Waals surface area contributed by atoms with E-state index in [0.717, 1.165) is 18.2 Å². The third-order valence-electron chi connectivity index (χ3n) is 3.09. The zero-order valence-corrected chi connectivity index (χ0v) is 14.5. The summed E-state index contributed by atoms with van der Waals surface area (Å²) in [6.07, 6.45) is 0. The van der Waals surface area contributed by atoms with E-state index in [4.69, 9.17) is 16.3 Å². The number of hydrogen-bond acceptors (Lipinski definition) is 3. The number of ether oxygens (including phenoxy) is 1. The Morgan fingerprint density at radius 3 is 2.67 bits per heavy atom. The SMILES string of the molecule is C[C@@H](SCCOc1ccc(Cl)cc1)C(=O)Nc1cc(F)ccc1F. The lowest BCUT2D eigenvalue weighted by Crippen LogP contribution is -2.24. The van der Waals surface area contributed by atoms with E-state index in [2.05, 4.69) is 5.32 Å². The van der Waals surface area contributed by atoms with Crippen molar-refractivity contribution in [2.75, 3.05) is 17.7 Å². The summed E-state index contributed by atoms with van der Waals surface area (Å²) in [5.74, 6) is -0.408. The van der Waals surface area contributed by atoms with Crippen LogP contribution in [0.3, 0.4) is 0 Å². The first-order valence-electron chi connectivity index (χ1n) is 7.21. The molecule has 0 aromatic heterocycles. The first-order chi connectivity index (χ1) is 11.5. The molecule has 3 nitrogen and oxygen atoms in total. The van der Waals surface area contributed by atoms with Crippen LogP contribution < -0.4 is 10.1 Å². The van der Waals surface area contributed by atoms with Gasteiger partial charge in [-0.1, -0.05) is 11.6 Å². The van der Waals surface area contributed by atoms with Gasteiger partial charge in [-0.3, -0.25) is 4.79 Å². The second-order valence-electron chi connectivity index (χ2n) is 4.93. The summed E-state index contributed by atoms with van der Waals surface area (Å²) in [4.78, 5) is 12.0. The van der Waals surface area contributed by atoms with Crippen LogP contribution in [0.4, 0.5) is 14.5 Å². The Balaban J connectivity index is 1.75. The maximum Gasteiger partial charge on any atom is 0.237 e. The fourth-order valence-electron chi connectivity index (χ4n) is 1.82. The molecular formula is C17H16ClF2NO2S. The Hall–Kier alpha value is -1.79. The molecule has 1 atom stereocenters. The van der Waals surface area contributed by atoms with Crippen molar-refractivity contribution in [3.63, 3.8) is 0 Å². The standard InChI is InChI=1S/C17H16ClF2NO2S/c1-11(17(22)21-16-10-13(19)4-7-15(16)20)24-9-8-23-14-5-2-12(18)3-6-14/h2-7,10-11H,8-9H2,1H3,(H,21,22)/t11-/m1/s1. The molecule has 0 saturated carbocycles. The highest BCUT2D eigenvalue weighted by Gasteiger charge is 2.15. The van der Waals surface area contributed by atoms with E-state index in [1.807, 2.05) is 0 Å². The van der Waals surface area contributed by atoms with Gasteiger partial charge >= 0.3 is 0 Å². The van der Waals surface area contributed by atoms with Gasteiger partial charge in [0.1, 0.15) is 17.4 Å². The number of nitrogens with one attached hydrogen (secondary N) is 1. The minimum atomic E-state index is -0.673. The molecule has 0 unspecified atom stereocenters. The maximum absolute atomic E-state index is 13.5. The van der Waals surface area contributed by atoms with Crippen molar-refractivity contribution in [3.8, 4) is 5.75 Å². The summed E-state index contributed by atoms with van der Waals surface area (Å²) in [5, 5.41) is 2.59. The number of carbonyl (C=O) groups is 1. The van der Waals surface area contributed by atoms with Crippen molar-refractivity contribution in [2.24, 2.45) is 0 Å². The lowest BCUT2D eigenvalue weighted by molar-refractivity contribution is -0.115. The van der Waals surface area contributed by atoms with Gasteiger partial charge in [0.2, 0.25) is 5.91 Å². The van der Waals surface area contributed by atoms with Crippen LogP contribution in [0.1, 0.15) is 6.92 Å². The molecular weight excluding hydrogens is 356 g/mol. The molecule has 0 aliphatic heterocycles. The quantitative estimate of drug-likeness (QED) is 0.713. The molecule has 24 heavy (non-hydrogen) atoms. The smallest absolute Gasteiger partial charge is 0.237 e. The van der Waals surface area contributed by atoms with E-state index in [1.165, 1.54) is 11.8 Å². The van der Waals surface area contributed by atoms with Crippen LogP contribution in [-0.2, 0) is 4.79 Å². The summed E-state index contributed by atoms with van der Waals surface area (Å²) >= 11 is 7.14. The number of rotatable bonds is 7. The topological polar surface area (TPSA) is 38.3 Å². The molecule has 1 N–H and O–H groups in total. The lowest BCUT2D eigenvalue weighted by Gasteiger charge is -2.13. The third-order valence-corrected chi connectivity index (χ3v) is 4.46. The number of anilines is 1. The summed E-state index contributed by atoms with van der Waals surface area (Å²) < 4.78 is 32.1. The van der Waals surface area contributed by atoms with Crippen molar-refractivity contribution in [2.45, 2.75) is 12.2 Å². The number of halogens is 3. The van der Waals surface area contributed by atoms with Crippen LogP contribution in [0.25, 0.3) is 0 Å². The van der Waals surface area contributed by atoms with Gasteiger partial charge in [-0.25, -0.2) is 8.78 Å². The van der Waals surface area contributed by atoms with Crippen LogP contribution in [0.5, 0.6) is 5.75 Å². The highest BCUT2D eigenvalue weighted by atomic mass is 35.5. The van der Waals surface area contributed by atoms with Gasteiger partial charge < -0.3 is 10.1 Å². The van der Waals surface area contributed by atoms with Crippen LogP contribution in [-0.4, -0.2) is 23.5 Å². The van der Waals surface area contributed by atoms with Gasteiger partial charge in [-0.15, -0.1) is 11.8 Å². The van der Waals surface area contributed by atoms with E-state index in [0.29, 0.717) is 23.1 Å². The van der Waals surface area contributed by atoms with Crippen molar-refractivity contribution in [1.29, 1.82) is 0 Å². The second-order valence-corrected chi connectivity index (χ2v) is 6.81. The van der Waals surface area contributed by atoms with Crippen molar-refractivity contribution < 1.29 is 18.3 Å². The molecule has 0 radical (unpaired) electrons. The third kappa shape index (κ3) is 5.69. The molecule has 0 aliphatic rings. The van der Waals surface area contributed by atoms with E-state index in [9.17, 15) is 13.6 Å². The van der Waals surface area contributed by atoms with Gasteiger partial charge in [0, 0.05) is 16.8 Å². The monoisotopic (exact) mass is 371 g/mol. The summed E-state index contributed by atoms with van der Waals surface area (Å²) in [6.45, 7) is 2.11. The van der Waals surface area contributed by atoms with Gasteiger partial charge in [0.25, 0.3) is 0 Å². The van der Waals surface area contributed by atoms with Crippen molar-refractivity contribution >= 4 is 35.0 Å². The normalized spacial score (nSPS) is 11.8. The van der Waals surface area contributed by atoms with Crippen LogP contribution in [0.15, 0.2) is 42.5 Å². The van der Waals surface area contributed by atoms with Gasteiger partial charge in [-0.05, 0) is 43.3 Å². The molecule has 0 fully saturated rings. The molecule has 2 aromatic rings. The highest BCUT2D eigenvalue weighted by molar-refractivity contribution is 8.00. The fourth-order valence-corrected chi connectivity index (χ4v) is 2.69. The Bertz CT molecular complexity index is 697. The van der Waals surface area contributed by atoms with Gasteiger partial charge in [-0.2, -0.15) is 0 Å². The molecule has 0 saturated heterocycles. The van der Waals surface area contributed by atoms with E-state index >= 15 is 0 Å². The highest BCUT2D eigenvalue weighted by Crippen LogP contribution is 2.19. The Labute approximate surface area is 148 Å². The maximum atomic E-state index is 13.5. The fraction of sp³-hybridized carbons (Fsp3) is 0.235. The second kappa shape index (κ2) is 8.89. The minimum Gasteiger partial charge on any atom is -0.493 e. The average molecular weight is 372 g/mol. The Morgan fingerprint density at radius 1 is 1.25 bits per heavy atom. The molecule has 0 bridgehead atoms. The number of hydrogen-bond donors (Lipinski definition) is 1. The zero-order chi connectivity index (χ0) is 17.5. The van der Waals surface area contributed by atoms with Gasteiger partial charge in [0.05, 0.1) is 17.5 Å². The Kier molecular flexibility index (Phi) is 6.87. The first kappa shape index (κ1) is 18.5. The van der Waals surface area contributed by atoms with E-state index in [1.54, 1.807) is 31.2 Å². The molecule has 0 aliphatic carbocycles. The number of amides is 1. The molecule has 7 heteroatoms. The largest absolute Gasteiger partial charge is 0.493 e. The molecule has 2 rings (SSSR count). The van der Waals surface area contributed by atoms with Crippen LogP contribution >= 0.6 is 23.4 Å². The van der Waals surface area contributed by atoms with E-state index in [-0.39, 0.29) is 5.69 Å². The number of benzene rings is 2. The predicted molar refractivity (Wildman–Crippen MR) is 93.9 cm³/mol. The molecule has 2 aromatic carbocycles. The van der Waals surface area contributed by atoms with Crippen molar-refractivity contribution in [1.82, 2.24) is 0 Å². The number of carbonyl (C=O) groups excluding carboxylic acids is 1. The predicted octanol–water partition coefficient (Wildman–Crippen LogP) is 4.76. The zero-order valence-electron chi connectivity index (χ0n) is 12.9. The number of thioether (sulfide) groups is 1. The lowest BCUT2D eigenvalue weighted by atomic mass is 10.3. The first-order valence-corrected chi connectivity index (χ1v) is 8.64. The van der Waals surface area contributed by atoms with Crippen LogP contribution in [0.2, 0.25) is 5.02 Å². The molecule has 1 amide bonds. The van der Waals surface area contributed by atoms with Crippen LogP contribution in [0, 0.1) is 11.6 Å². The molecule has 0 heterocycles. The molecule has 0 spiro atoms. The van der Waals surface area contributed by atoms with Crippen molar-refractivity contribution in [3.05, 3.63) is 59.1 Å². The van der Waals surface area contributed by atoms with E-state index < -0.39 is 22.8 Å². The summed E-state index contributed by atoms with van der Waals surface area (Å²) in [7, 11) is 0. The summed E-state index contributed by atoms with van der Waals surface area (Å²) in [6, 6.07) is 9.90. The van der Waals surface area contributed by atoms with Gasteiger partial charge in [0.15, 0.2) is 0 Å². The summed E-state index contributed by atoms with van der Waals surface area (Å²) in [5.41, 5.74) is -0.162. The molecule has 128 valence electrons. The Morgan fingerprint density at radius 2 is 1.96 bits per heavy atom.